The average Bonchev–Trinajstić information content (AvgIpc) is 2.92. The molecule has 0 atom stereocenters. The third-order valence-electron chi connectivity index (χ3n) is 3.79. The van der Waals surface area contributed by atoms with Gasteiger partial charge in [-0.1, -0.05) is 18.2 Å². The topological polar surface area (TPSA) is 88.4 Å². The third kappa shape index (κ3) is 1.90. The van der Waals surface area contributed by atoms with E-state index in [0.717, 1.165) is 34.2 Å². The highest BCUT2D eigenvalue weighted by Gasteiger charge is 2.27. The number of nitrogens with zero attached hydrogens (tertiary/aromatic N) is 2. The van der Waals surface area contributed by atoms with Crippen LogP contribution in [0.2, 0.25) is 0 Å². The summed E-state index contributed by atoms with van der Waals surface area (Å²) >= 11 is 0. The standard InChI is InChI=1S/C15H14N4O3/c20-15(21)17-5-9-7-22-8-13-18-12-6-16-11-4-2-1-3-10(11)14(12)19(9)13/h1-4,7,16-17H,5-6,8H2,(H,20,21). The largest absolute Gasteiger partial charge is 0.491 e. The van der Waals surface area contributed by atoms with E-state index in [1.54, 1.807) is 6.26 Å². The lowest BCUT2D eigenvalue weighted by atomic mass is 10.0. The Bertz CT molecular complexity index is 794. The van der Waals surface area contributed by atoms with Crippen molar-refractivity contribution < 1.29 is 14.6 Å². The summed E-state index contributed by atoms with van der Waals surface area (Å²) in [7, 11) is 0. The summed E-state index contributed by atoms with van der Waals surface area (Å²) in [5.41, 5.74) is 4.79. The maximum absolute atomic E-state index is 10.8. The molecule has 0 saturated heterocycles. The van der Waals surface area contributed by atoms with Gasteiger partial charge in [-0.25, -0.2) is 9.78 Å². The zero-order chi connectivity index (χ0) is 15.1. The van der Waals surface area contributed by atoms with Crippen molar-refractivity contribution in [1.82, 2.24) is 14.9 Å². The number of hydrogen-bond donors (Lipinski definition) is 3. The van der Waals surface area contributed by atoms with Gasteiger partial charge in [-0.05, 0) is 6.07 Å². The number of carbonyl (C=O) groups is 1. The number of aromatic nitrogens is 2. The number of carboxylic acid groups (broad SMARTS) is 1. The minimum absolute atomic E-state index is 0.167. The van der Waals surface area contributed by atoms with Crippen LogP contribution in [0.1, 0.15) is 11.5 Å². The van der Waals surface area contributed by atoms with Crippen molar-refractivity contribution >= 4 is 17.5 Å². The van der Waals surface area contributed by atoms with Crippen molar-refractivity contribution in [1.29, 1.82) is 0 Å². The number of para-hydroxylation sites is 1. The molecule has 0 fully saturated rings. The zero-order valence-corrected chi connectivity index (χ0v) is 11.7. The smallest absolute Gasteiger partial charge is 0.404 e. The Balaban J connectivity index is 1.84. The second kappa shape index (κ2) is 4.80. The van der Waals surface area contributed by atoms with Gasteiger partial charge in [0.25, 0.3) is 0 Å². The van der Waals surface area contributed by atoms with Crippen molar-refractivity contribution in [2.45, 2.75) is 13.2 Å². The lowest BCUT2D eigenvalue weighted by molar-refractivity contribution is 0.194. The fourth-order valence-electron chi connectivity index (χ4n) is 2.90. The van der Waals surface area contributed by atoms with Crippen molar-refractivity contribution in [2.24, 2.45) is 0 Å². The van der Waals surface area contributed by atoms with E-state index < -0.39 is 6.09 Å². The highest BCUT2D eigenvalue weighted by Crippen LogP contribution is 2.38. The van der Waals surface area contributed by atoms with Crippen LogP contribution in [0, 0.1) is 0 Å². The summed E-state index contributed by atoms with van der Waals surface area (Å²) in [5.74, 6) is 0.785. The molecule has 2 aromatic rings. The first-order valence-corrected chi connectivity index (χ1v) is 6.95. The molecule has 0 unspecified atom stereocenters. The molecule has 7 nitrogen and oxygen atoms in total. The number of fused-ring (bicyclic) bond motifs is 5. The van der Waals surface area contributed by atoms with Gasteiger partial charge in [-0.3, -0.25) is 4.57 Å². The number of anilines is 1. The van der Waals surface area contributed by atoms with E-state index in [1.807, 2.05) is 28.8 Å². The first-order valence-electron chi connectivity index (χ1n) is 6.95. The summed E-state index contributed by atoms with van der Waals surface area (Å²) in [5, 5.41) is 14.6. The molecule has 1 aromatic carbocycles. The van der Waals surface area contributed by atoms with Crippen molar-refractivity contribution in [3.63, 3.8) is 0 Å². The molecular weight excluding hydrogens is 284 g/mol. The molecule has 1 aromatic heterocycles. The summed E-state index contributed by atoms with van der Waals surface area (Å²) < 4.78 is 7.40. The number of imidazole rings is 1. The fraction of sp³-hybridized carbons (Fsp3) is 0.200. The van der Waals surface area contributed by atoms with Crippen LogP contribution < -0.4 is 10.6 Å². The summed E-state index contributed by atoms with van der Waals surface area (Å²) in [6.07, 6.45) is 0.527. The lowest BCUT2D eigenvalue weighted by Crippen LogP contribution is -2.27. The summed E-state index contributed by atoms with van der Waals surface area (Å²) in [4.78, 5) is 15.4. The van der Waals surface area contributed by atoms with Gasteiger partial charge in [0.05, 0.1) is 30.2 Å². The second-order valence-corrected chi connectivity index (χ2v) is 5.14. The molecule has 2 aliphatic heterocycles. The van der Waals surface area contributed by atoms with E-state index in [0.29, 0.717) is 13.2 Å². The fourth-order valence-corrected chi connectivity index (χ4v) is 2.90. The van der Waals surface area contributed by atoms with Crippen LogP contribution in [0.25, 0.3) is 17.0 Å². The molecule has 7 heteroatoms. The van der Waals surface area contributed by atoms with E-state index in [1.165, 1.54) is 0 Å². The number of nitrogens with one attached hydrogen (secondary N) is 2. The molecular formula is C15H14N4O3. The molecule has 1 amide bonds. The number of rotatable bonds is 2. The van der Waals surface area contributed by atoms with E-state index in [4.69, 9.17) is 9.84 Å². The van der Waals surface area contributed by atoms with Gasteiger partial charge in [0, 0.05) is 11.3 Å². The zero-order valence-electron chi connectivity index (χ0n) is 11.7. The maximum Gasteiger partial charge on any atom is 0.404 e. The minimum atomic E-state index is -1.07. The van der Waals surface area contributed by atoms with Crippen LogP contribution in [0.5, 0.6) is 0 Å². The Hall–Kier alpha value is -2.96. The van der Waals surface area contributed by atoms with Crippen LogP contribution in [-0.2, 0) is 17.9 Å². The molecule has 22 heavy (non-hydrogen) atoms. The number of amides is 1. The molecule has 0 saturated carbocycles. The van der Waals surface area contributed by atoms with Crippen molar-refractivity contribution in [3.05, 3.63) is 42.0 Å². The Morgan fingerprint density at radius 3 is 3.18 bits per heavy atom. The van der Waals surface area contributed by atoms with Gasteiger partial charge in [-0.15, -0.1) is 0 Å². The molecule has 3 heterocycles. The number of ether oxygens (including phenoxy) is 1. The van der Waals surface area contributed by atoms with E-state index >= 15 is 0 Å². The van der Waals surface area contributed by atoms with Crippen LogP contribution in [-0.4, -0.2) is 27.3 Å². The van der Waals surface area contributed by atoms with Crippen LogP contribution in [0.4, 0.5) is 10.5 Å². The normalized spacial score (nSPS) is 14.6. The minimum Gasteiger partial charge on any atom is -0.491 e. The molecule has 4 rings (SSSR count). The lowest BCUT2D eigenvalue weighted by Gasteiger charge is -2.23. The molecule has 0 spiro atoms. The van der Waals surface area contributed by atoms with Gasteiger partial charge in [0.2, 0.25) is 0 Å². The number of hydrogen-bond acceptors (Lipinski definition) is 4. The summed E-state index contributed by atoms with van der Waals surface area (Å²) in [6.45, 7) is 1.19. The summed E-state index contributed by atoms with van der Waals surface area (Å²) in [6, 6.07) is 8.02. The third-order valence-corrected chi connectivity index (χ3v) is 3.79. The monoisotopic (exact) mass is 298 g/mol. The SMILES string of the molecule is O=C(O)NCC1=COCc2nc3c(n21)-c1ccccc1NC3. The van der Waals surface area contributed by atoms with Gasteiger partial charge in [0.1, 0.15) is 12.9 Å². The molecule has 0 bridgehead atoms. The van der Waals surface area contributed by atoms with E-state index in [9.17, 15) is 4.79 Å². The number of benzene rings is 1. The molecule has 112 valence electrons. The van der Waals surface area contributed by atoms with Crippen molar-refractivity contribution in [2.75, 3.05) is 11.9 Å². The molecule has 3 N–H and O–H groups in total. The van der Waals surface area contributed by atoms with Crippen LogP contribution in [0.15, 0.2) is 30.5 Å². The first-order chi connectivity index (χ1) is 10.7. The van der Waals surface area contributed by atoms with Crippen LogP contribution >= 0.6 is 0 Å². The Labute approximate surface area is 126 Å². The highest BCUT2D eigenvalue weighted by molar-refractivity contribution is 5.82. The average molecular weight is 298 g/mol. The van der Waals surface area contributed by atoms with Gasteiger partial charge in [-0.2, -0.15) is 0 Å². The highest BCUT2D eigenvalue weighted by atomic mass is 16.5. The second-order valence-electron chi connectivity index (χ2n) is 5.14. The predicted molar refractivity (Wildman–Crippen MR) is 80.1 cm³/mol. The van der Waals surface area contributed by atoms with Gasteiger partial charge in [0.15, 0.2) is 5.82 Å². The quantitative estimate of drug-likeness (QED) is 0.790. The van der Waals surface area contributed by atoms with E-state index in [-0.39, 0.29) is 6.54 Å². The van der Waals surface area contributed by atoms with Gasteiger partial charge < -0.3 is 20.5 Å². The molecule has 0 radical (unpaired) electrons. The molecule has 0 aliphatic carbocycles. The van der Waals surface area contributed by atoms with Crippen molar-refractivity contribution in [3.8, 4) is 11.3 Å². The Morgan fingerprint density at radius 2 is 2.32 bits per heavy atom. The predicted octanol–water partition coefficient (Wildman–Crippen LogP) is 2.07. The molecule has 2 aliphatic rings. The Morgan fingerprint density at radius 1 is 1.45 bits per heavy atom. The first kappa shape index (κ1) is 12.8. The van der Waals surface area contributed by atoms with Crippen LogP contribution in [0.3, 0.4) is 0 Å². The van der Waals surface area contributed by atoms with Gasteiger partial charge >= 0.3 is 6.09 Å². The Kier molecular flexibility index (Phi) is 2.78. The van der Waals surface area contributed by atoms with E-state index in [2.05, 4.69) is 15.6 Å². The maximum atomic E-state index is 10.8.